The van der Waals surface area contributed by atoms with Crippen LogP contribution in [0.5, 0.6) is 0 Å². The topological polar surface area (TPSA) is 98.6 Å². The first-order chi connectivity index (χ1) is 9.58. The van der Waals surface area contributed by atoms with Gasteiger partial charge in [-0.15, -0.1) is 0 Å². The summed E-state index contributed by atoms with van der Waals surface area (Å²) in [5, 5.41) is 22.2. The highest BCUT2D eigenvalue weighted by molar-refractivity contribution is 5.93. The first kappa shape index (κ1) is 14.7. The Labute approximate surface area is 117 Å². The van der Waals surface area contributed by atoms with Crippen LogP contribution < -0.4 is 5.32 Å². The summed E-state index contributed by atoms with van der Waals surface area (Å²) in [6, 6.07) is 0. The molecule has 2 heterocycles. The van der Waals surface area contributed by atoms with Crippen molar-refractivity contribution in [3.63, 3.8) is 0 Å². The van der Waals surface area contributed by atoms with Crippen molar-refractivity contribution in [2.75, 3.05) is 31.6 Å². The quantitative estimate of drug-likeness (QED) is 0.710. The summed E-state index contributed by atoms with van der Waals surface area (Å²) in [5.41, 5.74) is -0.813. The SMILES string of the molecule is CCNc1ncc(C(=O)N2CCCC(O)(CO)C2)cn1. The van der Waals surface area contributed by atoms with Gasteiger partial charge in [-0.2, -0.15) is 0 Å². The highest BCUT2D eigenvalue weighted by Crippen LogP contribution is 2.21. The molecule has 1 aliphatic rings. The molecule has 0 aliphatic carbocycles. The van der Waals surface area contributed by atoms with Crippen molar-refractivity contribution in [3.8, 4) is 0 Å². The molecular weight excluding hydrogens is 260 g/mol. The second kappa shape index (κ2) is 6.15. The van der Waals surface area contributed by atoms with Crippen LogP contribution in [0.4, 0.5) is 5.95 Å². The van der Waals surface area contributed by atoms with Crippen molar-refractivity contribution in [3.05, 3.63) is 18.0 Å². The summed E-state index contributed by atoms with van der Waals surface area (Å²) >= 11 is 0. The van der Waals surface area contributed by atoms with Crippen LogP contribution in [0.1, 0.15) is 30.1 Å². The van der Waals surface area contributed by atoms with Gasteiger partial charge in [0.1, 0.15) is 5.60 Å². The molecule has 0 aromatic carbocycles. The van der Waals surface area contributed by atoms with Gasteiger partial charge in [0, 0.05) is 25.5 Å². The van der Waals surface area contributed by atoms with Crippen LogP contribution >= 0.6 is 0 Å². The zero-order chi connectivity index (χ0) is 14.6. The molecule has 1 fully saturated rings. The van der Waals surface area contributed by atoms with Gasteiger partial charge in [-0.25, -0.2) is 9.97 Å². The van der Waals surface area contributed by atoms with Crippen molar-refractivity contribution in [1.29, 1.82) is 0 Å². The molecule has 1 atom stereocenters. The number of aromatic nitrogens is 2. The third-order valence-corrected chi connectivity index (χ3v) is 3.37. The van der Waals surface area contributed by atoms with Gasteiger partial charge in [0.2, 0.25) is 5.95 Å². The first-order valence-electron chi connectivity index (χ1n) is 6.76. The Hall–Kier alpha value is -1.73. The number of carbonyl (C=O) groups is 1. The minimum atomic E-state index is -1.20. The van der Waals surface area contributed by atoms with Gasteiger partial charge in [0.25, 0.3) is 5.91 Å². The summed E-state index contributed by atoms with van der Waals surface area (Å²) in [4.78, 5) is 22.0. The van der Waals surface area contributed by atoms with Gasteiger partial charge in [-0.1, -0.05) is 0 Å². The second-order valence-electron chi connectivity index (χ2n) is 5.04. The Morgan fingerprint density at radius 2 is 2.20 bits per heavy atom. The van der Waals surface area contributed by atoms with E-state index in [0.717, 1.165) is 0 Å². The number of nitrogens with one attached hydrogen (secondary N) is 1. The molecule has 1 aromatic heterocycles. The third kappa shape index (κ3) is 3.23. The van der Waals surface area contributed by atoms with Crippen molar-refractivity contribution >= 4 is 11.9 Å². The smallest absolute Gasteiger partial charge is 0.257 e. The summed E-state index contributed by atoms with van der Waals surface area (Å²) in [6.45, 7) is 3.01. The number of likely N-dealkylation sites (tertiary alicyclic amines) is 1. The maximum atomic E-state index is 12.3. The zero-order valence-corrected chi connectivity index (χ0v) is 11.5. The molecule has 0 saturated carbocycles. The zero-order valence-electron chi connectivity index (χ0n) is 11.5. The van der Waals surface area contributed by atoms with Crippen molar-refractivity contribution in [1.82, 2.24) is 14.9 Å². The van der Waals surface area contributed by atoms with Gasteiger partial charge in [0.05, 0.1) is 18.7 Å². The predicted octanol–water partition coefficient (Wildman–Crippen LogP) is -0.132. The van der Waals surface area contributed by atoms with E-state index in [9.17, 15) is 15.0 Å². The number of aliphatic hydroxyl groups excluding tert-OH is 1. The number of amides is 1. The average Bonchev–Trinajstić information content (AvgIpc) is 2.48. The number of carbonyl (C=O) groups excluding carboxylic acids is 1. The standard InChI is InChI=1S/C13H20N4O3/c1-2-14-12-15-6-10(7-16-12)11(19)17-5-3-4-13(20,8-17)9-18/h6-7,18,20H,2-5,8-9H2,1H3,(H,14,15,16). The van der Waals surface area contributed by atoms with Crippen molar-refractivity contribution in [2.24, 2.45) is 0 Å². The molecule has 7 nitrogen and oxygen atoms in total. The number of hydrogen-bond acceptors (Lipinski definition) is 6. The lowest BCUT2D eigenvalue weighted by Crippen LogP contribution is -2.52. The first-order valence-corrected chi connectivity index (χ1v) is 6.76. The van der Waals surface area contributed by atoms with Crippen LogP contribution in [0.15, 0.2) is 12.4 Å². The molecule has 1 aliphatic heterocycles. The molecular formula is C13H20N4O3. The molecule has 110 valence electrons. The van der Waals surface area contributed by atoms with E-state index >= 15 is 0 Å². The number of hydrogen-bond donors (Lipinski definition) is 3. The van der Waals surface area contributed by atoms with Gasteiger partial charge >= 0.3 is 0 Å². The fourth-order valence-corrected chi connectivity index (χ4v) is 2.29. The Kier molecular flexibility index (Phi) is 4.51. The summed E-state index contributed by atoms with van der Waals surface area (Å²) in [7, 11) is 0. The van der Waals surface area contributed by atoms with Crippen LogP contribution in [-0.4, -0.2) is 62.8 Å². The maximum absolute atomic E-state index is 12.3. The average molecular weight is 280 g/mol. The summed E-state index contributed by atoms with van der Waals surface area (Å²) < 4.78 is 0. The molecule has 1 saturated heterocycles. The van der Waals surface area contributed by atoms with Gasteiger partial charge < -0.3 is 20.4 Å². The number of piperidine rings is 1. The number of anilines is 1. The maximum Gasteiger partial charge on any atom is 0.257 e. The Balaban J connectivity index is 2.06. The molecule has 0 bridgehead atoms. The van der Waals surface area contributed by atoms with Crippen LogP contribution in [0, 0.1) is 0 Å². The second-order valence-corrected chi connectivity index (χ2v) is 5.04. The summed E-state index contributed by atoms with van der Waals surface area (Å²) in [6.07, 6.45) is 4.11. The van der Waals surface area contributed by atoms with E-state index in [4.69, 9.17) is 0 Å². The monoisotopic (exact) mass is 280 g/mol. The van der Waals surface area contributed by atoms with E-state index in [0.29, 0.717) is 37.4 Å². The summed E-state index contributed by atoms with van der Waals surface area (Å²) in [5.74, 6) is 0.259. The lowest BCUT2D eigenvalue weighted by atomic mass is 9.93. The van der Waals surface area contributed by atoms with E-state index in [-0.39, 0.29) is 19.1 Å². The third-order valence-electron chi connectivity index (χ3n) is 3.37. The Morgan fingerprint density at radius 3 is 2.80 bits per heavy atom. The number of aliphatic hydroxyl groups is 2. The fourth-order valence-electron chi connectivity index (χ4n) is 2.29. The van der Waals surface area contributed by atoms with Crippen LogP contribution in [0.2, 0.25) is 0 Å². The molecule has 1 unspecified atom stereocenters. The van der Waals surface area contributed by atoms with E-state index in [1.54, 1.807) is 0 Å². The van der Waals surface area contributed by atoms with E-state index in [2.05, 4.69) is 15.3 Å². The van der Waals surface area contributed by atoms with Crippen molar-refractivity contribution in [2.45, 2.75) is 25.4 Å². The number of β-amino-alcohol motifs (C(OH)–C–C–N with tert-alkyl or cyclic N) is 1. The molecule has 1 aromatic rings. The van der Waals surface area contributed by atoms with Gasteiger partial charge in [-0.3, -0.25) is 4.79 Å². The molecule has 3 N–H and O–H groups in total. The van der Waals surface area contributed by atoms with Crippen molar-refractivity contribution < 1.29 is 15.0 Å². The highest BCUT2D eigenvalue weighted by Gasteiger charge is 2.35. The highest BCUT2D eigenvalue weighted by atomic mass is 16.3. The largest absolute Gasteiger partial charge is 0.393 e. The van der Waals surface area contributed by atoms with Gasteiger partial charge in [-0.05, 0) is 19.8 Å². The Bertz CT molecular complexity index is 465. The number of nitrogens with zero attached hydrogens (tertiary/aromatic N) is 3. The Morgan fingerprint density at radius 1 is 1.50 bits per heavy atom. The number of rotatable bonds is 4. The van der Waals surface area contributed by atoms with Crippen LogP contribution in [-0.2, 0) is 0 Å². The van der Waals surface area contributed by atoms with E-state index in [1.165, 1.54) is 17.3 Å². The lowest BCUT2D eigenvalue weighted by Gasteiger charge is -2.37. The molecule has 20 heavy (non-hydrogen) atoms. The van der Waals surface area contributed by atoms with E-state index < -0.39 is 5.60 Å². The van der Waals surface area contributed by atoms with E-state index in [1.807, 2.05) is 6.92 Å². The molecule has 0 spiro atoms. The lowest BCUT2D eigenvalue weighted by molar-refractivity contribution is -0.0598. The van der Waals surface area contributed by atoms with Gasteiger partial charge in [0.15, 0.2) is 0 Å². The normalized spacial score (nSPS) is 22.6. The minimum Gasteiger partial charge on any atom is -0.393 e. The fraction of sp³-hybridized carbons (Fsp3) is 0.615. The molecule has 7 heteroatoms. The van der Waals surface area contributed by atoms with Crippen LogP contribution in [0.3, 0.4) is 0 Å². The minimum absolute atomic E-state index is 0.136. The predicted molar refractivity (Wildman–Crippen MR) is 73.4 cm³/mol. The van der Waals surface area contributed by atoms with Crippen LogP contribution in [0.25, 0.3) is 0 Å². The molecule has 1 amide bonds. The molecule has 2 rings (SSSR count). The molecule has 0 radical (unpaired) electrons.